The van der Waals surface area contributed by atoms with Crippen molar-refractivity contribution < 1.29 is 14.3 Å². The van der Waals surface area contributed by atoms with Gasteiger partial charge in [-0.15, -0.1) is 0 Å². The monoisotopic (exact) mass is 297 g/mol. The zero-order chi connectivity index (χ0) is 14.5. The highest BCUT2D eigenvalue weighted by atomic mass is 35.5. The first kappa shape index (κ1) is 15.0. The Morgan fingerprint density at radius 2 is 2.30 bits per heavy atom. The van der Waals surface area contributed by atoms with Crippen LogP contribution in [0, 0.1) is 11.7 Å². The van der Waals surface area contributed by atoms with Gasteiger partial charge in [0, 0.05) is 24.1 Å². The fourth-order valence-electron chi connectivity index (χ4n) is 2.37. The Hall–Kier alpha value is -1.39. The lowest BCUT2D eigenvalue weighted by Crippen LogP contribution is -2.31. The molecular weight excluding hydrogens is 281 g/mol. The van der Waals surface area contributed by atoms with Crippen LogP contribution in [-0.2, 0) is 4.79 Å². The number of hydrogen-bond acceptors (Lipinski definition) is 2. The molecule has 0 aliphatic heterocycles. The lowest BCUT2D eigenvalue weighted by molar-refractivity contribution is -0.116. The van der Waals surface area contributed by atoms with Crippen LogP contribution in [0.5, 0.6) is 0 Å². The van der Waals surface area contributed by atoms with Gasteiger partial charge in [-0.3, -0.25) is 4.79 Å². The van der Waals surface area contributed by atoms with E-state index >= 15 is 0 Å². The summed E-state index contributed by atoms with van der Waals surface area (Å²) in [6.45, 7) is 0.440. The fourth-order valence-corrected chi connectivity index (χ4v) is 2.60. The molecule has 1 aromatic rings. The van der Waals surface area contributed by atoms with Crippen LogP contribution in [0.3, 0.4) is 0 Å². The third-order valence-electron chi connectivity index (χ3n) is 3.56. The Kier molecular flexibility index (Phi) is 5.15. The van der Waals surface area contributed by atoms with E-state index in [1.807, 2.05) is 0 Å². The second-order valence-electron chi connectivity index (χ2n) is 4.97. The van der Waals surface area contributed by atoms with Gasteiger partial charge in [0.05, 0.1) is 11.1 Å². The number of rotatable bonds is 4. The van der Waals surface area contributed by atoms with E-state index in [2.05, 4.69) is 5.32 Å². The Balaban J connectivity index is 1.89. The van der Waals surface area contributed by atoms with Crippen LogP contribution < -0.4 is 5.32 Å². The molecule has 1 amide bonds. The minimum atomic E-state index is -0.465. The van der Waals surface area contributed by atoms with Crippen LogP contribution in [0.4, 0.5) is 4.39 Å². The summed E-state index contributed by atoms with van der Waals surface area (Å²) in [5, 5.41) is 12.6. The van der Waals surface area contributed by atoms with Gasteiger partial charge in [-0.2, -0.15) is 0 Å². The van der Waals surface area contributed by atoms with E-state index < -0.39 is 5.82 Å². The molecule has 2 N–H and O–H groups in total. The molecule has 0 aromatic heterocycles. The average molecular weight is 298 g/mol. The van der Waals surface area contributed by atoms with Crippen LogP contribution in [0.15, 0.2) is 24.3 Å². The van der Waals surface area contributed by atoms with Gasteiger partial charge in [0.15, 0.2) is 0 Å². The molecule has 5 heteroatoms. The van der Waals surface area contributed by atoms with E-state index in [1.165, 1.54) is 24.3 Å². The second kappa shape index (κ2) is 6.86. The van der Waals surface area contributed by atoms with Crippen molar-refractivity contribution in [3.05, 3.63) is 40.7 Å². The molecule has 0 radical (unpaired) electrons. The topological polar surface area (TPSA) is 49.3 Å². The molecule has 0 spiro atoms. The van der Waals surface area contributed by atoms with Crippen LogP contribution in [0.25, 0.3) is 6.08 Å². The maximum Gasteiger partial charge on any atom is 0.244 e. The predicted octanol–water partition coefficient (Wildman–Crippen LogP) is 2.77. The summed E-state index contributed by atoms with van der Waals surface area (Å²) in [7, 11) is 0. The number of hydrogen-bond donors (Lipinski definition) is 2. The zero-order valence-corrected chi connectivity index (χ0v) is 11.7. The fraction of sp³-hybridized carbons (Fsp3) is 0.400. The van der Waals surface area contributed by atoms with Gasteiger partial charge in [0.2, 0.25) is 5.91 Å². The van der Waals surface area contributed by atoms with Crippen LogP contribution in [0.1, 0.15) is 24.8 Å². The third kappa shape index (κ3) is 3.81. The molecule has 1 fully saturated rings. The highest BCUT2D eigenvalue weighted by Crippen LogP contribution is 2.24. The van der Waals surface area contributed by atoms with E-state index in [9.17, 15) is 14.3 Å². The van der Waals surface area contributed by atoms with Gasteiger partial charge >= 0.3 is 0 Å². The third-order valence-corrected chi connectivity index (χ3v) is 3.89. The first-order valence-corrected chi connectivity index (χ1v) is 7.03. The Labute approximate surface area is 122 Å². The summed E-state index contributed by atoms with van der Waals surface area (Å²) < 4.78 is 13.5. The van der Waals surface area contributed by atoms with Crippen molar-refractivity contribution >= 4 is 23.6 Å². The van der Waals surface area contributed by atoms with Gasteiger partial charge in [0.25, 0.3) is 0 Å². The first-order valence-electron chi connectivity index (χ1n) is 6.66. The molecule has 1 aliphatic carbocycles. The van der Waals surface area contributed by atoms with Crippen molar-refractivity contribution in [3.8, 4) is 0 Å². The Morgan fingerprint density at radius 1 is 1.50 bits per heavy atom. The first-order chi connectivity index (χ1) is 9.58. The maximum atomic E-state index is 13.5. The molecule has 1 aromatic carbocycles. The lowest BCUT2D eigenvalue weighted by Gasteiger charge is -2.14. The summed E-state index contributed by atoms with van der Waals surface area (Å²) in [4.78, 5) is 11.7. The smallest absolute Gasteiger partial charge is 0.244 e. The summed E-state index contributed by atoms with van der Waals surface area (Å²) in [5.74, 6) is -0.666. The normalized spacial score (nSPS) is 22.4. The number of carbonyl (C=O) groups excluding carboxylic acids is 1. The molecular formula is C15H17ClFNO2. The molecule has 0 heterocycles. The minimum Gasteiger partial charge on any atom is -0.393 e. The van der Waals surface area contributed by atoms with E-state index in [0.717, 1.165) is 19.3 Å². The number of aliphatic hydroxyl groups is 1. The molecule has 1 aliphatic rings. The van der Waals surface area contributed by atoms with Crippen LogP contribution >= 0.6 is 11.6 Å². The predicted molar refractivity (Wildman–Crippen MR) is 76.8 cm³/mol. The summed E-state index contributed by atoms with van der Waals surface area (Å²) >= 11 is 5.86. The molecule has 3 nitrogen and oxygen atoms in total. The zero-order valence-electron chi connectivity index (χ0n) is 11.0. The number of amides is 1. The van der Waals surface area contributed by atoms with Gasteiger partial charge in [-0.1, -0.05) is 24.1 Å². The number of carbonyl (C=O) groups is 1. The molecule has 2 rings (SSSR count). The SMILES string of the molecule is O=C(C=Cc1c(F)cccc1Cl)NCC1CCCC1O. The van der Waals surface area contributed by atoms with Crippen LogP contribution in [-0.4, -0.2) is 23.7 Å². The van der Waals surface area contributed by atoms with Gasteiger partial charge in [-0.25, -0.2) is 4.39 Å². The molecule has 1 saturated carbocycles. The molecule has 0 bridgehead atoms. The average Bonchev–Trinajstić information content (AvgIpc) is 2.81. The van der Waals surface area contributed by atoms with Crippen molar-refractivity contribution in [3.63, 3.8) is 0 Å². The molecule has 2 atom stereocenters. The molecule has 2 unspecified atom stereocenters. The van der Waals surface area contributed by atoms with Crippen molar-refractivity contribution in [2.75, 3.05) is 6.54 Å². The lowest BCUT2D eigenvalue weighted by atomic mass is 10.1. The highest BCUT2D eigenvalue weighted by molar-refractivity contribution is 6.32. The Bertz CT molecular complexity index is 498. The van der Waals surface area contributed by atoms with Crippen molar-refractivity contribution in [2.45, 2.75) is 25.4 Å². The van der Waals surface area contributed by atoms with E-state index in [0.29, 0.717) is 6.54 Å². The van der Waals surface area contributed by atoms with E-state index in [4.69, 9.17) is 11.6 Å². The van der Waals surface area contributed by atoms with Crippen molar-refractivity contribution in [1.29, 1.82) is 0 Å². The number of halogens is 2. The molecule has 20 heavy (non-hydrogen) atoms. The summed E-state index contributed by atoms with van der Waals surface area (Å²) in [6.07, 6.45) is 4.98. The summed E-state index contributed by atoms with van der Waals surface area (Å²) in [6, 6.07) is 4.37. The number of aliphatic hydroxyl groups excluding tert-OH is 1. The highest BCUT2D eigenvalue weighted by Gasteiger charge is 2.24. The quantitative estimate of drug-likeness (QED) is 0.840. The molecule has 0 saturated heterocycles. The number of benzene rings is 1. The molecule has 108 valence electrons. The van der Waals surface area contributed by atoms with Crippen molar-refractivity contribution in [1.82, 2.24) is 5.32 Å². The standard InChI is InChI=1S/C15H17ClFNO2/c16-12-4-2-5-13(17)11(12)7-8-15(20)18-9-10-3-1-6-14(10)19/h2,4-5,7-8,10,14,19H,1,3,6,9H2,(H,18,20). The van der Waals surface area contributed by atoms with Gasteiger partial charge in [0.1, 0.15) is 5.82 Å². The summed E-state index contributed by atoms with van der Waals surface area (Å²) in [5.41, 5.74) is 0.199. The van der Waals surface area contributed by atoms with Gasteiger partial charge in [-0.05, 0) is 31.1 Å². The van der Waals surface area contributed by atoms with Crippen LogP contribution in [0.2, 0.25) is 5.02 Å². The van der Waals surface area contributed by atoms with E-state index in [1.54, 1.807) is 6.07 Å². The largest absolute Gasteiger partial charge is 0.393 e. The second-order valence-corrected chi connectivity index (χ2v) is 5.38. The van der Waals surface area contributed by atoms with Crippen molar-refractivity contribution in [2.24, 2.45) is 5.92 Å². The number of nitrogens with one attached hydrogen (secondary N) is 1. The van der Waals surface area contributed by atoms with E-state index in [-0.39, 0.29) is 28.5 Å². The minimum absolute atomic E-state index is 0.115. The Morgan fingerprint density at radius 3 is 2.95 bits per heavy atom. The maximum absolute atomic E-state index is 13.5. The van der Waals surface area contributed by atoms with Gasteiger partial charge < -0.3 is 10.4 Å².